The van der Waals surface area contributed by atoms with Gasteiger partial charge in [-0.25, -0.2) is 0 Å². The lowest BCUT2D eigenvalue weighted by Gasteiger charge is -2.01. The van der Waals surface area contributed by atoms with Crippen LogP contribution in [0.5, 0.6) is 0 Å². The second kappa shape index (κ2) is 9.15. The Labute approximate surface area is 138 Å². The Morgan fingerprint density at radius 3 is 2.59 bits per heavy atom. The quantitative estimate of drug-likeness (QED) is 0.346. The molecule has 1 heterocycles. The van der Waals surface area contributed by atoms with Crippen molar-refractivity contribution in [1.29, 1.82) is 0 Å². The van der Waals surface area contributed by atoms with Gasteiger partial charge in [0, 0.05) is 17.8 Å². The summed E-state index contributed by atoms with van der Waals surface area (Å²) in [4.78, 5) is 4.37. The van der Waals surface area contributed by atoms with Gasteiger partial charge in [-0.15, -0.1) is 12.4 Å². The van der Waals surface area contributed by atoms with Gasteiger partial charge in [0.25, 0.3) is 0 Å². The third kappa shape index (κ3) is 4.81. The van der Waals surface area contributed by atoms with Gasteiger partial charge in [0.15, 0.2) is 11.6 Å². The Morgan fingerprint density at radius 2 is 1.86 bits per heavy atom. The molecule has 0 unspecified atom stereocenters. The summed E-state index contributed by atoms with van der Waals surface area (Å²) in [5, 5.41) is 0. The third-order valence-electron chi connectivity index (χ3n) is 3.38. The number of nitrogens with two attached hydrogens (primary N) is 2. The maximum atomic E-state index is 5.96. The molecule has 5 heteroatoms. The number of hydrogen-bond donors (Lipinski definition) is 2. The average Bonchev–Trinajstić information content (AvgIpc) is 2.97. The molecule has 0 saturated carbocycles. The van der Waals surface area contributed by atoms with Crippen LogP contribution in [-0.4, -0.2) is 12.4 Å². The molecule has 0 aliphatic heterocycles. The molecule has 0 spiro atoms. The van der Waals surface area contributed by atoms with E-state index in [0.29, 0.717) is 23.0 Å². The maximum absolute atomic E-state index is 5.96. The summed E-state index contributed by atoms with van der Waals surface area (Å²) in [5.41, 5.74) is 13.5. The van der Waals surface area contributed by atoms with Crippen LogP contribution in [0.25, 0.3) is 11.3 Å². The second-order valence-electron chi connectivity index (χ2n) is 5.08. The fourth-order valence-corrected chi connectivity index (χ4v) is 2.16. The molecule has 2 rings (SSSR count). The van der Waals surface area contributed by atoms with Gasteiger partial charge in [0.05, 0.1) is 0 Å². The van der Waals surface area contributed by atoms with E-state index in [4.69, 9.17) is 15.9 Å². The van der Waals surface area contributed by atoms with Crippen LogP contribution in [0.2, 0.25) is 0 Å². The summed E-state index contributed by atoms with van der Waals surface area (Å²) in [6.07, 6.45) is 4.72. The largest absolute Gasteiger partial charge is 0.453 e. The van der Waals surface area contributed by atoms with Crippen molar-refractivity contribution < 1.29 is 4.42 Å². The van der Waals surface area contributed by atoms with E-state index < -0.39 is 0 Å². The molecule has 0 amide bonds. The minimum atomic E-state index is 0. The summed E-state index contributed by atoms with van der Waals surface area (Å²) in [6, 6.07) is 11.3. The summed E-state index contributed by atoms with van der Waals surface area (Å²) in [5.74, 6) is 1.77. The van der Waals surface area contributed by atoms with Crippen molar-refractivity contribution >= 4 is 23.9 Å². The fraction of sp³-hybridized carbons (Fsp3) is 0.353. The van der Waals surface area contributed by atoms with Crippen molar-refractivity contribution in [2.45, 2.75) is 32.6 Å². The predicted octanol–water partition coefficient (Wildman–Crippen LogP) is 4.24. The minimum Gasteiger partial charge on any atom is -0.453 e. The van der Waals surface area contributed by atoms with Gasteiger partial charge in [-0.2, -0.15) is 0 Å². The van der Waals surface area contributed by atoms with Gasteiger partial charge in [0.1, 0.15) is 5.76 Å². The zero-order valence-corrected chi connectivity index (χ0v) is 13.7. The van der Waals surface area contributed by atoms with Crippen LogP contribution in [0.15, 0.2) is 45.8 Å². The molecule has 4 nitrogen and oxygen atoms in total. The number of para-hydroxylation sites is 1. The highest BCUT2D eigenvalue weighted by molar-refractivity contribution is 5.95. The van der Waals surface area contributed by atoms with Crippen molar-refractivity contribution in [3.8, 4) is 11.3 Å². The number of benzene rings is 1. The highest BCUT2D eigenvalue weighted by atomic mass is 35.5. The number of hydrogen-bond acceptors (Lipinski definition) is 3. The number of aliphatic imine (C=N–C) groups is 1. The van der Waals surface area contributed by atoms with Crippen LogP contribution in [0.4, 0.5) is 5.69 Å². The van der Waals surface area contributed by atoms with E-state index in [2.05, 4.69) is 11.9 Å². The Hall–Kier alpha value is -1.94. The average molecular weight is 322 g/mol. The molecule has 1 aromatic heterocycles. The first kappa shape index (κ1) is 18.1. The van der Waals surface area contributed by atoms with E-state index in [1.165, 1.54) is 19.3 Å². The number of nitrogen functional groups attached to an aromatic ring is 1. The first-order valence-electron chi connectivity index (χ1n) is 7.47. The Kier molecular flexibility index (Phi) is 7.54. The molecule has 0 radical (unpaired) electrons. The highest BCUT2D eigenvalue weighted by Crippen LogP contribution is 2.27. The molecule has 0 aliphatic carbocycles. The SMILES string of the molecule is CCCCCCN=C(N)c1ccc(-c2ccccc2N)o1.Cl. The molecule has 0 saturated heterocycles. The van der Waals surface area contributed by atoms with Crippen LogP contribution in [-0.2, 0) is 0 Å². The second-order valence-corrected chi connectivity index (χ2v) is 5.08. The lowest BCUT2D eigenvalue weighted by atomic mass is 10.1. The monoisotopic (exact) mass is 321 g/mol. The molecule has 1 aromatic carbocycles. The maximum Gasteiger partial charge on any atom is 0.169 e. The van der Waals surface area contributed by atoms with E-state index in [0.717, 1.165) is 18.5 Å². The topological polar surface area (TPSA) is 77.5 Å². The van der Waals surface area contributed by atoms with E-state index >= 15 is 0 Å². The first-order chi connectivity index (χ1) is 10.2. The Balaban J connectivity index is 0.00000242. The van der Waals surface area contributed by atoms with E-state index in [-0.39, 0.29) is 12.4 Å². The summed E-state index contributed by atoms with van der Waals surface area (Å²) < 4.78 is 5.75. The van der Waals surface area contributed by atoms with Crippen molar-refractivity contribution in [2.75, 3.05) is 12.3 Å². The van der Waals surface area contributed by atoms with Crippen molar-refractivity contribution in [1.82, 2.24) is 0 Å². The Morgan fingerprint density at radius 1 is 1.09 bits per heavy atom. The van der Waals surface area contributed by atoms with Crippen LogP contribution >= 0.6 is 12.4 Å². The van der Waals surface area contributed by atoms with Gasteiger partial charge in [-0.1, -0.05) is 38.3 Å². The van der Waals surface area contributed by atoms with E-state index in [9.17, 15) is 0 Å². The number of rotatable bonds is 7. The fourth-order valence-electron chi connectivity index (χ4n) is 2.16. The zero-order chi connectivity index (χ0) is 15.1. The molecular formula is C17H24ClN3O. The van der Waals surface area contributed by atoms with Gasteiger partial charge in [-0.05, 0) is 30.7 Å². The number of unbranched alkanes of at least 4 members (excludes halogenated alkanes) is 3. The summed E-state index contributed by atoms with van der Waals surface area (Å²) >= 11 is 0. The van der Waals surface area contributed by atoms with Crippen LogP contribution < -0.4 is 11.5 Å². The van der Waals surface area contributed by atoms with Gasteiger partial charge in [0.2, 0.25) is 0 Å². The van der Waals surface area contributed by atoms with Gasteiger partial charge < -0.3 is 15.9 Å². The molecule has 0 aliphatic rings. The number of furan rings is 1. The van der Waals surface area contributed by atoms with Gasteiger partial charge in [-0.3, -0.25) is 4.99 Å². The van der Waals surface area contributed by atoms with Crippen LogP contribution in [0, 0.1) is 0 Å². The standard InChI is InChI=1S/C17H23N3O.ClH/c1-2-3-4-7-12-20-17(19)16-11-10-15(21-16)13-8-5-6-9-14(13)18;/h5-6,8-11H,2-4,7,12,18H2,1H3,(H2,19,20);1H. The van der Waals surface area contributed by atoms with Crippen molar-refractivity contribution in [3.63, 3.8) is 0 Å². The molecule has 0 fully saturated rings. The van der Waals surface area contributed by atoms with Crippen LogP contribution in [0.3, 0.4) is 0 Å². The number of halogens is 1. The van der Waals surface area contributed by atoms with Crippen molar-refractivity contribution in [2.24, 2.45) is 10.7 Å². The number of amidine groups is 1. The predicted molar refractivity (Wildman–Crippen MR) is 95.5 cm³/mol. The zero-order valence-electron chi connectivity index (χ0n) is 12.9. The van der Waals surface area contributed by atoms with Crippen molar-refractivity contribution in [3.05, 3.63) is 42.2 Å². The number of anilines is 1. The van der Waals surface area contributed by atoms with E-state index in [1.54, 1.807) is 0 Å². The summed E-state index contributed by atoms with van der Waals surface area (Å²) in [6.45, 7) is 2.94. The van der Waals surface area contributed by atoms with Gasteiger partial charge >= 0.3 is 0 Å². The third-order valence-corrected chi connectivity index (χ3v) is 3.38. The normalized spacial score (nSPS) is 11.2. The smallest absolute Gasteiger partial charge is 0.169 e. The lowest BCUT2D eigenvalue weighted by molar-refractivity contribution is 0.570. The minimum absolute atomic E-state index is 0. The Bertz CT molecular complexity index is 607. The summed E-state index contributed by atoms with van der Waals surface area (Å²) in [7, 11) is 0. The van der Waals surface area contributed by atoms with E-state index in [1.807, 2.05) is 36.4 Å². The lowest BCUT2D eigenvalue weighted by Crippen LogP contribution is -2.12. The molecule has 120 valence electrons. The molecular weight excluding hydrogens is 298 g/mol. The highest BCUT2D eigenvalue weighted by Gasteiger charge is 2.09. The molecule has 0 bridgehead atoms. The first-order valence-corrected chi connectivity index (χ1v) is 7.47. The molecule has 0 atom stereocenters. The molecule has 4 N–H and O–H groups in total. The molecule has 22 heavy (non-hydrogen) atoms. The molecule has 2 aromatic rings. The van der Waals surface area contributed by atoms with Crippen LogP contribution in [0.1, 0.15) is 38.4 Å². The number of nitrogens with zero attached hydrogens (tertiary/aromatic N) is 1.